The van der Waals surface area contributed by atoms with Crippen molar-refractivity contribution in [2.75, 3.05) is 20.6 Å². The van der Waals surface area contributed by atoms with Crippen molar-refractivity contribution in [3.8, 4) is 5.75 Å². The van der Waals surface area contributed by atoms with Gasteiger partial charge in [0.05, 0.1) is 0 Å². The highest BCUT2D eigenvalue weighted by atomic mass is 35.5. The van der Waals surface area contributed by atoms with Crippen molar-refractivity contribution < 1.29 is 9.53 Å². The molecule has 0 heterocycles. The number of halogens is 1. The molecule has 0 bridgehead atoms. The van der Waals surface area contributed by atoms with E-state index in [2.05, 4.69) is 38.2 Å². The summed E-state index contributed by atoms with van der Waals surface area (Å²) in [6.07, 6.45) is 5.58. The number of benzene rings is 1. The van der Waals surface area contributed by atoms with Gasteiger partial charge in [-0.05, 0) is 71.0 Å². The number of amides is 1. The summed E-state index contributed by atoms with van der Waals surface area (Å²) < 4.78 is 5.82. The Hall–Kier alpha value is -1.26. The van der Waals surface area contributed by atoms with Crippen LogP contribution in [0.2, 0.25) is 0 Å². The van der Waals surface area contributed by atoms with Gasteiger partial charge in [-0.3, -0.25) is 4.79 Å². The van der Waals surface area contributed by atoms with Crippen LogP contribution < -0.4 is 10.1 Å². The van der Waals surface area contributed by atoms with Gasteiger partial charge in [0.15, 0.2) is 6.10 Å². The van der Waals surface area contributed by atoms with Crippen LogP contribution in [0.15, 0.2) is 18.2 Å². The van der Waals surface area contributed by atoms with Crippen LogP contribution in [0.1, 0.15) is 50.2 Å². The number of carbonyl (C=O) groups excluding carboxylic acids is 1. The van der Waals surface area contributed by atoms with E-state index >= 15 is 0 Å². The molecular formula is C20H33ClN2O2. The maximum absolute atomic E-state index is 12.5. The number of rotatable bonds is 6. The van der Waals surface area contributed by atoms with Gasteiger partial charge in [0, 0.05) is 12.1 Å². The number of hydrogen-bond acceptors (Lipinski definition) is 3. The molecule has 1 amide bonds. The largest absolute Gasteiger partial charge is 0.481 e. The second kappa shape index (κ2) is 9.44. The van der Waals surface area contributed by atoms with Crippen LogP contribution in [0.4, 0.5) is 0 Å². The molecule has 25 heavy (non-hydrogen) atoms. The molecule has 1 fully saturated rings. The Morgan fingerprint density at radius 3 is 2.40 bits per heavy atom. The maximum atomic E-state index is 12.5. The van der Waals surface area contributed by atoms with Crippen molar-refractivity contribution in [1.29, 1.82) is 0 Å². The topological polar surface area (TPSA) is 41.6 Å². The lowest BCUT2D eigenvalue weighted by Gasteiger charge is -2.43. The van der Waals surface area contributed by atoms with Crippen LogP contribution >= 0.6 is 12.4 Å². The van der Waals surface area contributed by atoms with Crippen LogP contribution in [-0.2, 0) is 4.79 Å². The Balaban J connectivity index is 0.00000312. The van der Waals surface area contributed by atoms with E-state index in [0.29, 0.717) is 6.54 Å². The van der Waals surface area contributed by atoms with Crippen LogP contribution in [0.3, 0.4) is 0 Å². The number of nitrogens with zero attached hydrogens (tertiary/aromatic N) is 1. The Kier molecular flexibility index (Phi) is 8.23. The number of nitrogens with one attached hydrogen (secondary N) is 1. The van der Waals surface area contributed by atoms with E-state index in [0.717, 1.165) is 18.6 Å². The molecule has 5 heteroatoms. The molecule has 1 saturated carbocycles. The van der Waals surface area contributed by atoms with Crippen molar-refractivity contribution >= 4 is 18.3 Å². The molecule has 1 aromatic rings. The lowest BCUT2D eigenvalue weighted by Crippen LogP contribution is -2.55. The third-order valence-electron chi connectivity index (χ3n) is 5.49. The minimum atomic E-state index is -0.491. The first kappa shape index (κ1) is 21.8. The lowest BCUT2D eigenvalue weighted by molar-refractivity contribution is -0.128. The van der Waals surface area contributed by atoms with Gasteiger partial charge < -0.3 is 15.0 Å². The van der Waals surface area contributed by atoms with Gasteiger partial charge >= 0.3 is 0 Å². The van der Waals surface area contributed by atoms with Crippen LogP contribution in [0, 0.1) is 13.8 Å². The van der Waals surface area contributed by atoms with Gasteiger partial charge in [0.25, 0.3) is 5.91 Å². The number of hydrogen-bond donors (Lipinski definition) is 1. The summed E-state index contributed by atoms with van der Waals surface area (Å²) in [6, 6.07) is 5.94. The number of likely N-dealkylation sites (N-methyl/N-ethyl adjacent to an activating group) is 1. The Bertz CT molecular complexity index is 569. The molecular weight excluding hydrogens is 336 g/mol. The van der Waals surface area contributed by atoms with E-state index in [9.17, 15) is 4.79 Å². The number of ether oxygens (including phenoxy) is 1. The Morgan fingerprint density at radius 2 is 1.84 bits per heavy atom. The highest BCUT2D eigenvalue weighted by Gasteiger charge is 2.34. The van der Waals surface area contributed by atoms with Crippen LogP contribution in [0.5, 0.6) is 5.75 Å². The summed E-state index contributed by atoms with van der Waals surface area (Å²) in [5, 5.41) is 3.11. The second-order valence-corrected chi connectivity index (χ2v) is 7.40. The van der Waals surface area contributed by atoms with Crippen molar-refractivity contribution in [2.45, 2.75) is 64.5 Å². The van der Waals surface area contributed by atoms with Crippen molar-refractivity contribution in [3.63, 3.8) is 0 Å². The Morgan fingerprint density at radius 1 is 1.20 bits per heavy atom. The molecule has 0 aliphatic heterocycles. The summed E-state index contributed by atoms with van der Waals surface area (Å²) in [7, 11) is 4.24. The van der Waals surface area contributed by atoms with Gasteiger partial charge in [-0.15, -0.1) is 12.4 Å². The summed E-state index contributed by atoms with van der Waals surface area (Å²) >= 11 is 0. The van der Waals surface area contributed by atoms with Gasteiger partial charge in [0.2, 0.25) is 0 Å². The van der Waals surface area contributed by atoms with Gasteiger partial charge in [0.1, 0.15) is 5.75 Å². The molecule has 1 aromatic carbocycles. The predicted molar refractivity (Wildman–Crippen MR) is 106 cm³/mol. The molecule has 0 spiro atoms. The minimum absolute atomic E-state index is 0. The van der Waals surface area contributed by atoms with Gasteiger partial charge in [-0.2, -0.15) is 0 Å². The van der Waals surface area contributed by atoms with Gasteiger partial charge in [-0.25, -0.2) is 0 Å². The second-order valence-electron chi connectivity index (χ2n) is 7.40. The molecule has 1 aliphatic carbocycles. The number of aryl methyl sites for hydroxylation is 2. The first-order valence-corrected chi connectivity index (χ1v) is 9.03. The molecule has 0 saturated heterocycles. The SMILES string of the molecule is Cc1ccc(OC(C)C(=O)NCC2(N(C)C)CCCCC2)cc1C.Cl. The standard InChI is InChI=1S/C20H32N2O2.ClH/c1-15-9-10-18(13-16(15)2)24-17(3)19(23)21-14-20(22(4)5)11-7-6-8-12-20;/h9-10,13,17H,6-8,11-12,14H2,1-5H3,(H,21,23);1H. The molecule has 4 nitrogen and oxygen atoms in total. The number of carbonyl (C=O) groups is 1. The van der Waals surface area contributed by atoms with Crippen molar-refractivity contribution in [1.82, 2.24) is 10.2 Å². The summed E-state index contributed by atoms with van der Waals surface area (Å²) in [6.45, 7) is 6.63. The quantitative estimate of drug-likeness (QED) is 0.828. The fourth-order valence-electron chi connectivity index (χ4n) is 3.43. The molecule has 1 aliphatic rings. The molecule has 1 unspecified atom stereocenters. The van der Waals surface area contributed by atoms with E-state index < -0.39 is 6.10 Å². The van der Waals surface area contributed by atoms with E-state index in [4.69, 9.17) is 4.74 Å². The zero-order chi connectivity index (χ0) is 17.7. The zero-order valence-corrected chi connectivity index (χ0v) is 17.0. The normalized spacial score (nSPS) is 17.5. The maximum Gasteiger partial charge on any atom is 0.260 e. The lowest BCUT2D eigenvalue weighted by atomic mass is 9.80. The molecule has 0 radical (unpaired) electrons. The average Bonchev–Trinajstić information content (AvgIpc) is 2.56. The predicted octanol–water partition coefficient (Wildman–Crippen LogP) is 3.87. The fraction of sp³-hybridized carbons (Fsp3) is 0.650. The highest BCUT2D eigenvalue weighted by molar-refractivity contribution is 5.85. The zero-order valence-electron chi connectivity index (χ0n) is 16.2. The summed E-state index contributed by atoms with van der Waals surface area (Å²) in [4.78, 5) is 14.7. The molecule has 1 atom stereocenters. The van der Waals surface area contributed by atoms with E-state index in [1.807, 2.05) is 25.1 Å². The monoisotopic (exact) mass is 368 g/mol. The molecule has 0 aromatic heterocycles. The van der Waals surface area contributed by atoms with E-state index in [1.54, 1.807) is 0 Å². The first-order chi connectivity index (χ1) is 11.3. The smallest absolute Gasteiger partial charge is 0.260 e. The summed E-state index contributed by atoms with van der Waals surface area (Å²) in [5.41, 5.74) is 2.49. The third kappa shape index (κ3) is 5.61. The molecule has 142 valence electrons. The third-order valence-corrected chi connectivity index (χ3v) is 5.49. The molecule has 2 rings (SSSR count). The fourth-order valence-corrected chi connectivity index (χ4v) is 3.43. The summed E-state index contributed by atoms with van der Waals surface area (Å²) in [5.74, 6) is 0.709. The first-order valence-electron chi connectivity index (χ1n) is 9.03. The van der Waals surface area contributed by atoms with Crippen LogP contribution in [0.25, 0.3) is 0 Å². The van der Waals surface area contributed by atoms with E-state index in [1.165, 1.54) is 30.4 Å². The van der Waals surface area contributed by atoms with Crippen molar-refractivity contribution in [3.05, 3.63) is 29.3 Å². The molecule has 1 N–H and O–H groups in total. The van der Waals surface area contributed by atoms with Gasteiger partial charge in [-0.1, -0.05) is 25.3 Å². The van der Waals surface area contributed by atoms with E-state index in [-0.39, 0.29) is 23.9 Å². The van der Waals surface area contributed by atoms with Crippen LogP contribution in [-0.4, -0.2) is 43.1 Å². The average molecular weight is 369 g/mol. The minimum Gasteiger partial charge on any atom is -0.481 e. The Labute approximate surface area is 158 Å². The highest BCUT2D eigenvalue weighted by Crippen LogP contribution is 2.31. The van der Waals surface area contributed by atoms with Crippen molar-refractivity contribution in [2.24, 2.45) is 0 Å².